The van der Waals surface area contributed by atoms with Crippen LogP contribution in [-0.2, 0) is 6.42 Å². The summed E-state index contributed by atoms with van der Waals surface area (Å²) in [7, 11) is 0. The van der Waals surface area contributed by atoms with E-state index in [2.05, 4.69) is 51.4 Å². The summed E-state index contributed by atoms with van der Waals surface area (Å²) in [5.74, 6) is 0.510. The first kappa shape index (κ1) is 16.7. The molecule has 1 saturated carbocycles. The van der Waals surface area contributed by atoms with Gasteiger partial charge in [-0.1, -0.05) is 48.5 Å². The summed E-state index contributed by atoms with van der Waals surface area (Å²) in [4.78, 5) is 23.1. The molecule has 0 bridgehead atoms. The largest absolute Gasteiger partial charge is 0.478 e. The fourth-order valence-electron chi connectivity index (χ4n) is 3.54. The van der Waals surface area contributed by atoms with Gasteiger partial charge in [0.25, 0.3) is 0 Å². The number of H-pyrrole nitrogens is 1. The van der Waals surface area contributed by atoms with Crippen LogP contribution in [0.25, 0.3) is 33.7 Å². The second kappa shape index (κ2) is 6.60. The smallest absolute Gasteiger partial charge is 0.338 e. The van der Waals surface area contributed by atoms with Gasteiger partial charge in [-0.2, -0.15) is 0 Å². The highest BCUT2D eigenvalue weighted by molar-refractivity contribution is 6.00. The molecule has 0 spiro atoms. The number of rotatable bonds is 5. The van der Waals surface area contributed by atoms with E-state index in [1.807, 2.05) is 12.1 Å². The SMILES string of the molecule is O=C(O)c1ccnc2nc(-c3ccc(-c4ccc(CC5CC5)cc4)cc3)[nH]c12. The third kappa shape index (κ3) is 3.16. The minimum absolute atomic E-state index is 0.173. The van der Waals surface area contributed by atoms with Crippen LogP contribution in [0.3, 0.4) is 0 Å². The highest BCUT2D eigenvalue weighted by Crippen LogP contribution is 2.33. The van der Waals surface area contributed by atoms with E-state index in [9.17, 15) is 9.90 Å². The first-order valence-corrected chi connectivity index (χ1v) is 9.45. The summed E-state index contributed by atoms with van der Waals surface area (Å²) < 4.78 is 0. The van der Waals surface area contributed by atoms with Crippen molar-refractivity contribution >= 4 is 17.1 Å². The molecule has 2 aromatic heterocycles. The predicted molar refractivity (Wildman–Crippen MR) is 108 cm³/mol. The lowest BCUT2D eigenvalue weighted by molar-refractivity contribution is 0.0698. The van der Waals surface area contributed by atoms with Crippen molar-refractivity contribution in [2.75, 3.05) is 0 Å². The predicted octanol–water partition coefficient (Wildman–Crippen LogP) is 4.94. The van der Waals surface area contributed by atoms with Gasteiger partial charge in [0.2, 0.25) is 0 Å². The Kier molecular flexibility index (Phi) is 3.93. The van der Waals surface area contributed by atoms with E-state index in [0.717, 1.165) is 17.0 Å². The second-order valence-corrected chi connectivity index (χ2v) is 7.37. The summed E-state index contributed by atoms with van der Waals surface area (Å²) in [6.45, 7) is 0. The number of carboxylic acid groups (broad SMARTS) is 1. The van der Waals surface area contributed by atoms with Gasteiger partial charge >= 0.3 is 5.97 Å². The number of aromatic nitrogens is 3. The van der Waals surface area contributed by atoms with Crippen molar-refractivity contribution in [1.82, 2.24) is 15.0 Å². The van der Waals surface area contributed by atoms with Crippen molar-refractivity contribution in [2.45, 2.75) is 19.3 Å². The number of hydrogen-bond acceptors (Lipinski definition) is 3. The minimum Gasteiger partial charge on any atom is -0.478 e. The van der Waals surface area contributed by atoms with Gasteiger partial charge in [0.05, 0.1) is 11.1 Å². The third-order valence-corrected chi connectivity index (χ3v) is 5.29. The number of carbonyl (C=O) groups is 1. The molecule has 0 radical (unpaired) electrons. The number of aromatic carboxylic acids is 1. The summed E-state index contributed by atoms with van der Waals surface area (Å²) >= 11 is 0. The molecule has 2 heterocycles. The summed E-state index contributed by atoms with van der Waals surface area (Å²) in [6.07, 6.45) is 5.40. The number of imidazole rings is 1. The molecule has 4 aromatic rings. The first-order chi connectivity index (χ1) is 13.7. The van der Waals surface area contributed by atoms with Crippen LogP contribution in [0, 0.1) is 5.92 Å². The Hall–Kier alpha value is -3.47. The van der Waals surface area contributed by atoms with Crippen molar-refractivity contribution in [3.63, 3.8) is 0 Å². The second-order valence-electron chi connectivity index (χ2n) is 7.37. The third-order valence-electron chi connectivity index (χ3n) is 5.29. The standard InChI is InChI=1S/C23H19N3O2/c27-23(28)19-11-12-24-22-20(19)25-21(26-22)18-9-7-17(8-10-18)16-5-3-15(4-6-16)13-14-1-2-14/h3-12,14H,1-2,13H2,(H,27,28)(H,24,25,26). The van der Waals surface area contributed by atoms with E-state index >= 15 is 0 Å². The van der Waals surface area contributed by atoms with Gasteiger partial charge in [-0.05, 0) is 47.9 Å². The van der Waals surface area contributed by atoms with E-state index in [1.54, 1.807) is 0 Å². The molecule has 28 heavy (non-hydrogen) atoms. The molecule has 5 nitrogen and oxygen atoms in total. The molecule has 0 atom stereocenters. The van der Waals surface area contributed by atoms with Crippen LogP contribution in [0.2, 0.25) is 0 Å². The Bertz CT molecular complexity index is 1160. The van der Waals surface area contributed by atoms with E-state index in [-0.39, 0.29) is 5.56 Å². The van der Waals surface area contributed by atoms with Crippen molar-refractivity contribution < 1.29 is 9.90 Å². The molecule has 5 heteroatoms. The number of aromatic amines is 1. The van der Waals surface area contributed by atoms with Crippen LogP contribution in [0.15, 0.2) is 60.8 Å². The normalized spacial score (nSPS) is 13.7. The number of benzene rings is 2. The molecule has 0 amide bonds. The minimum atomic E-state index is -0.997. The van der Waals surface area contributed by atoms with Crippen LogP contribution in [0.1, 0.15) is 28.8 Å². The van der Waals surface area contributed by atoms with Crippen LogP contribution in [0.5, 0.6) is 0 Å². The maximum Gasteiger partial charge on any atom is 0.338 e. The number of hydrogen-bond donors (Lipinski definition) is 2. The van der Waals surface area contributed by atoms with Crippen molar-refractivity contribution in [3.8, 4) is 22.5 Å². The highest BCUT2D eigenvalue weighted by atomic mass is 16.4. The number of pyridine rings is 1. The fraction of sp³-hybridized carbons (Fsp3) is 0.174. The van der Waals surface area contributed by atoms with Gasteiger partial charge in [0.15, 0.2) is 5.65 Å². The highest BCUT2D eigenvalue weighted by Gasteiger charge is 2.21. The Morgan fingerprint density at radius 3 is 2.25 bits per heavy atom. The van der Waals surface area contributed by atoms with Crippen molar-refractivity contribution in [3.05, 3.63) is 71.9 Å². The molecular formula is C23H19N3O2. The van der Waals surface area contributed by atoms with Crippen molar-refractivity contribution in [2.24, 2.45) is 5.92 Å². The lowest BCUT2D eigenvalue weighted by Crippen LogP contribution is -1.97. The molecule has 1 aliphatic carbocycles. The molecule has 0 saturated heterocycles. The summed E-state index contributed by atoms with van der Waals surface area (Å²) in [5.41, 5.74) is 5.65. The fourth-order valence-corrected chi connectivity index (χ4v) is 3.54. The summed E-state index contributed by atoms with van der Waals surface area (Å²) in [6, 6.07) is 18.4. The molecule has 1 aliphatic rings. The molecule has 0 unspecified atom stereocenters. The van der Waals surface area contributed by atoms with Crippen molar-refractivity contribution in [1.29, 1.82) is 0 Å². The van der Waals surface area contributed by atoms with Gasteiger partial charge in [0, 0.05) is 11.8 Å². The Morgan fingerprint density at radius 2 is 1.61 bits per heavy atom. The van der Waals surface area contributed by atoms with E-state index in [1.165, 1.54) is 42.7 Å². The average Bonchev–Trinajstić information content (AvgIpc) is 3.42. The Morgan fingerprint density at radius 1 is 0.964 bits per heavy atom. The molecule has 1 fully saturated rings. The van der Waals surface area contributed by atoms with E-state index in [4.69, 9.17) is 0 Å². The molecule has 2 N–H and O–H groups in total. The van der Waals surface area contributed by atoms with Gasteiger partial charge in [0.1, 0.15) is 5.82 Å². The van der Waals surface area contributed by atoms with Gasteiger partial charge in [-0.3, -0.25) is 0 Å². The van der Waals surface area contributed by atoms with E-state index in [0.29, 0.717) is 17.0 Å². The number of fused-ring (bicyclic) bond motifs is 1. The number of nitrogens with one attached hydrogen (secondary N) is 1. The van der Waals surface area contributed by atoms with Gasteiger partial charge in [-0.15, -0.1) is 0 Å². The van der Waals surface area contributed by atoms with Crippen LogP contribution in [0.4, 0.5) is 0 Å². The van der Waals surface area contributed by atoms with E-state index < -0.39 is 5.97 Å². The lowest BCUT2D eigenvalue weighted by atomic mass is 10.0. The summed E-state index contributed by atoms with van der Waals surface area (Å²) in [5, 5.41) is 9.32. The number of carboxylic acids is 1. The first-order valence-electron chi connectivity index (χ1n) is 9.45. The molecular weight excluding hydrogens is 350 g/mol. The Labute approximate surface area is 162 Å². The zero-order valence-corrected chi connectivity index (χ0v) is 15.2. The quantitative estimate of drug-likeness (QED) is 0.522. The average molecular weight is 369 g/mol. The number of nitrogens with zero attached hydrogens (tertiary/aromatic N) is 2. The van der Waals surface area contributed by atoms with Gasteiger partial charge in [-0.25, -0.2) is 14.8 Å². The lowest BCUT2D eigenvalue weighted by Gasteiger charge is -2.05. The van der Waals surface area contributed by atoms with Crippen LogP contribution >= 0.6 is 0 Å². The Balaban J connectivity index is 1.42. The topological polar surface area (TPSA) is 78.9 Å². The zero-order valence-electron chi connectivity index (χ0n) is 15.2. The van der Waals surface area contributed by atoms with Gasteiger partial charge < -0.3 is 10.1 Å². The monoisotopic (exact) mass is 369 g/mol. The molecule has 0 aliphatic heterocycles. The molecule has 2 aromatic carbocycles. The van der Waals surface area contributed by atoms with Crippen LogP contribution < -0.4 is 0 Å². The molecule has 5 rings (SSSR count). The maximum atomic E-state index is 11.4. The zero-order chi connectivity index (χ0) is 19.1. The van der Waals surface area contributed by atoms with Crippen LogP contribution in [-0.4, -0.2) is 26.0 Å². The maximum absolute atomic E-state index is 11.4. The molecule has 138 valence electrons.